The summed E-state index contributed by atoms with van der Waals surface area (Å²) in [4.78, 5) is 14.4. The van der Waals surface area contributed by atoms with Gasteiger partial charge in [0.05, 0.1) is 12.2 Å². The Hall–Kier alpha value is -0.570. The minimum Gasteiger partial charge on any atom is -0.324 e. The first-order valence-electron chi connectivity index (χ1n) is 6.24. The smallest absolute Gasteiger partial charge is 0.243 e. The minimum absolute atomic E-state index is 0.239. The second kappa shape index (κ2) is 3.00. The van der Waals surface area contributed by atoms with Crippen LogP contribution in [0.2, 0.25) is 0 Å². The van der Waals surface area contributed by atoms with Crippen LogP contribution < -0.4 is 5.32 Å². The number of nitrogens with zero attached hydrogens (tertiary/aromatic N) is 1. The number of hydrogen-bond donors (Lipinski definition) is 1. The molecule has 92 valence electrons. The summed E-state index contributed by atoms with van der Waals surface area (Å²) in [6.07, 6.45) is 0.857. The van der Waals surface area contributed by atoms with Crippen LogP contribution in [-0.2, 0) is 4.79 Å². The molecule has 1 atom stereocenters. The van der Waals surface area contributed by atoms with E-state index in [0.717, 1.165) is 6.42 Å². The molecule has 1 saturated heterocycles. The summed E-state index contributed by atoms with van der Waals surface area (Å²) >= 11 is 0. The number of carbonyl (C=O) groups is 1. The quantitative estimate of drug-likeness (QED) is 0.778. The maximum Gasteiger partial charge on any atom is 0.243 e. The molecule has 2 fully saturated rings. The molecule has 1 heterocycles. The lowest BCUT2D eigenvalue weighted by Crippen LogP contribution is -2.43. The molecule has 1 aliphatic carbocycles. The number of nitrogens with one attached hydrogen (secondary N) is 1. The SMILES string of the molecule is CCC1(C)NCN(C2C(C)(C)C2(C)C)C1=O. The van der Waals surface area contributed by atoms with Crippen molar-refractivity contribution in [3.63, 3.8) is 0 Å². The first-order chi connectivity index (χ1) is 7.18. The molecule has 0 aromatic rings. The van der Waals surface area contributed by atoms with E-state index in [1.807, 2.05) is 11.8 Å². The molecule has 1 aliphatic heterocycles. The Morgan fingerprint density at radius 3 is 2.06 bits per heavy atom. The molecule has 0 radical (unpaired) electrons. The van der Waals surface area contributed by atoms with Crippen molar-refractivity contribution in [3.05, 3.63) is 0 Å². The fourth-order valence-electron chi connectivity index (χ4n) is 3.15. The number of rotatable bonds is 2. The maximum absolute atomic E-state index is 12.4. The van der Waals surface area contributed by atoms with Crippen molar-refractivity contribution < 1.29 is 4.79 Å². The van der Waals surface area contributed by atoms with Gasteiger partial charge in [0.25, 0.3) is 0 Å². The van der Waals surface area contributed by atoms with E-state index < -0.39 is 0 Å². The molecule has 0 aromatic carbocycles. The summed E-state index contributed by atoms with van der Waals surface area (Å²) in [5.41, 5.74) is 0.140. The van der Waals surface area contributed by atoms with Crippen LogP contribution in [0.25, 0.3) is 0 Å². The van der Waals surface area contributed by atoms with E-state index in [2.05, 4.69) is 39.9 Å². The molecular formula is C13H24N2O. The highest BCUT2D eigenvalue weighted by Gasteiger charge is 2.69. The van der Waals surface area contributed by atoms with Gasteiger partial charge in [-0.1, -0.05) is 34.6 Å². The van der Waals surface area contributed by atoms with Crippen molar-refractivity contribution in [2.24, 2.45) is 10.8 Å². The Bertz CT molecular complexity index is 321. The molecule has 1 unspecified atom stereocenters. The topological polar surface area (TPSA) is 32.3 Å². The molecule has 1 saturated carbocycles. The van der Waals surface area contributed by atoms with Crippen LogP contribution in [0.5, 0.6) is 0 Å². The third-order valence-electron chi connectivity index (χ3n) is 5.34. The Labute approximate surface area is 98.6 Å². The normalized spacial score (nSPS) is 36.9. The van der Waals surface area contributed by atoms with Gasteiger partial charge in [0, 0.05) is 6.04 Å². The molecule has 2 rings (SSSR count). The predicted molar refractivity (Wildman–Crippen MR) is 64.9 cm³/mol. The second-order valence-electron chi connectivity index (χ2n) is 6.64. The van der Waals surface area contributed by atoms with E-state index in [0.29, 0.717) is 12.7 Å². The molecule has 16 heavy (non-hydrogen) atoms. The van der Waals surface area contributed by atoms with Crippen LogP contribution in [0.1, 0.15) is 48.0 Å². The molecule has 0 spiro atoms. The summed E-state index contributed by atoms with van der Waals surface area (Å²) < 4.78 is 0. The number of carbonyl (C=O) groups excluding carboxylic acids is 1. The van der Waals surface area contributed by atoms with Crippen molar-refractivity contribution in [2.75, 3.05) is 6.67 Å². The first-order valence-corrected chi connectivity index (χ1v) is 6.24. The van der Waals surface area contributed by atoms with Gasteiger partial charge in [0.2, 0.25) is 5.91 Å². The molecule has 1 amide bonds. The van der Waals surface area contributed by atoms with Crippen molar-refractivity contribution in [1.29, 1.82) is 0 Å². The third kappa shape index (κ3) is 1.21. The van der Waals surface area contributed by atoms with Gasteiger partial charge in [-0.15, -0.1) is 0 Å². The van der Waals surface area contributed by atoms with E-state index in [1.54, 1.807) is 0 Å². The summed E-state index contributed by atoms with van der Waals surface area (Å²) in [5, 5.41) is 3.36. The summed E-state index contributed by atoms with van der Waals surface area (Å²) in [6.45, 7) is 13.8. The second-order valence-corrected chi connectivity index (χ2v) is 6.64. The van der Waals surface area contributed by atoms with Gasteiger partial charge in [0.1, 0.15) is 0 Å². The minimum atomic E-state index is -0.339. The van der Waals surface area contributed by atoms with Gasteiger partial charge >= 0.3 is 0 Å². The average molecular weight is 224 g/mol. The van der Waals surface area contributed by atoms with Gasteiger partial charge in [-0.3, -0.25) is 10.1 Å². The van der Waals surface area contributed by atoms with Crippen LogP contribution in [0.3, 0.4) is 0 Å². The van der Waals surface area contributed by atoms with E-state index in [4.69, 9.17) is 0 Å². The highest BCUT2D eigenvalue weighted by Crippen LogP contribution is 2.65. The van der Waals surface area contributed by atoms with Gasteiger partial charge in [-0.25, -0.2) is 0 Å². The van der Waals surface area contributed by atoms with Crippen LogP contribution >= 0.6 is 0 Å². The van der Waals surface area contributed by atoms with Gasteiger partial charge in [-0.05, 0) is 24.2 Å². The van der Waals surface area contributed by atoms with Crippen LogP contribution in [0, 0.1) is 10.8 Å². The standard InChI is InChI=1S/C13H24N2O/c1-7-13(6)10(16)15(8-14-13)9-11(2,3)12(9,4)5/h9,14H,7-8H2,1-6H3. The van der Waals surface area contributed by atoms with E-state index in [-0.39, 0.29) is 22.3 Å². The summed E-state index contributed by atoms with van der Waals surface area (Å²) in [5.74, 6) is 0.277. The predicted octanol–water partition coefficient (Wildman–Crippen LogP) is 1.98. The largest absolute Gasteiger partial charge is 0.324 e. The lowest BCUT2D eigenvalue weighted by atomic mass is 9.99. The van der Waals surface area contributed by atoms with Crippen LogP contribution in [0.4, 0.5) is 0 Å². The Kier molecular flexibility index (Phi) is 2.24. The Morgan fingerprint density at radius 2 is 1.75 bits per heavy atom. The van der Waals surface area contributed by atoms with E-state index in [9.17, 15) is 4.79 Å². The lowest BCUT2D eigenvalue weighted by Gasteiger charge is -2.22. The fourth-order valence-corrected chi connectivity index (χ4v) is 3.15. The Balaban J connectivity index is 2.19. The zero-order valence-corrected chi connectivity index (χ0v) is 11.3. The van der Waals surface area contributed by atoms with Gasteiger partial charge < -0.3 is 4.90 Å². The fraction of sp³-hybridized carbons (Fsp3) is 0.923. The van der Waals surface area contributed by atoms with Gasteiger partial charge in [-0.2, -0.15) is 0 Å². The molecule has 3 heteroatoms. The van der Waals surface area contributed by atoms with Crippen molar-refractivity contribution >= 4 is 5.91 Å². The summed E-state index contributed by atoms with van der Waals surface area (Å²) in [6, 6.07) is 0.383. The highest BCUT2D eigenvalue weighted by molar-refractivity contribution is 5.88. The zero-order chi connectivity index (χ0) is 12.4. The molecule has 2 aliphatic rings. The maximum atomic E-state index is 12.4. The van der Waals surface area contributed by atoms with Crippen molar-refractivity contribution in [1.82, 2.24) is 10.2 Å². The molecule has 1 N–H and O–H groups in total. The van der Waals surface area contributed by atoms with Crippen molar-refractivity contribution in [2.45, 2.75) is 59.5 Å². The van der Waals surface area contributed by atoms with E-state index in [1.165, 1.54) is 0 Å². The van der Waals surface area contributed by atoms with Crippen LogP contribution in [0.15, 0.2) is 0 Å². The van der Waals surface area contributed by atoms with Crippen molar-refractivity contribution in [3.8, 4) is 0 Å². The highest BCUT2D eigenvalue weighted by atomic mass is 16.2. The molecule has 0 aromatic heterocycles. The number of amides is 1. The van der Waals surface area contributed by atoms with E-state index >= 15 is 0 Å². The van der Waals surface area contributed by atoms with Gasteiger partial charge in [0.15, 0.2) is 0 Å². The first kappa shape index (κ1) is 11.9. The molecule has 0 bridgehead atoms. The lowest BCUT2D eigenvalue weighted by molar-refractivity contribution is -0.133. The average Bonchev–Trinajstić information content (AvgIpc) is 2.46. The molecular weight excluding hydrogens is 200 g/mol. The van der Waals surface area contributed by atoms with Crippen LogP contribution in [-0.4, -0.2) is 29.1 Å². The zero-order valence-electron chi connectivity index (χ0n) is 11.3. The third-order valence-corrected chi connectivity index (χ3v) is 5.34. The molecule has 3 nitrogen and oxygen atoms in total. The Morgan fingerprint density at radius 1 is 1.25 bits per heavy atom. The summed E-state index contributed by atoms with van der Waals surface area (Å²) in [7, 11) is 0. The monoisotopic (exact) mass is 224 g/mol. The number of hydrogen-bond acceptors (Lipinski definition) is 2.